The molecule has 1 aromatic carbocycles. The number of nitrogens with zero attached hydrogens (tertiary/aromatic N) is 2. The second-order valence-electron chi connectivity index (χ2n) is 6.77. The standard InChI is InChI=1S/C22H28N2/c1-4-9-21-22(24-12-7-6-8-13-24)15-19(16-23-21)20-14-18(5-2)11-10-17(20)3/h5,10-11,14-16H,2,4,6-9,12-13H2,1,3H3. The first-order valence-electron chi connectivity index (χ1n) is 9.20. The maximum absolute atomic E-state index is 4.85. The third-order valence-electron chi connectivity index (χ3n) is 4.94. The lowest BCUT2D eigenvalue weighted by Gasteiger charge is -2.30. The summed E-state index contributed by atoms with van der Waals surface area (Å²) in [6.45, 7) is 10.6. The highest BCUT2D eigenvalue weighted by atomic mass is 15.1. The van der Waals surface area contributed by atoms with Crippen molar-refractivity contribution in [2.45, 2.75) is 46.0 Å². The van der Waals surface area contributed by atoms with Crippen LogP contribution in [0.5, 0.6) is 0 Å². The van der Waals surface area contributed by atoms with Crippen molar-refractivity contribution in [3.63, 3.8) is 0 Å². The highest BCUT2D eigenvalue weighted by Gasteiger charge is 2.16. The summed E-state index contributed by atoms with van der Waals surface area (Å²) >= 11 is 0. The number of aromatic nitrogens is 1. The number of hydrogen-bond acceptors (Lipinski definition) is 2. The Hall–Kier alpha value is -2.09. The molecule has 0 radical (unpaired) electrons. The summed E-state index contributed by atoms with van der Waals surface area (Å²) in [6.07, 6.45) is 10.1. The van der Waals surface area contributed by atoms with Gasteiger partial charge >= 0.3 is 0 Å². The van der Waals surface area contributed by atoms with E-state index in [-0.39, 0.29) is 0 Å². The first kappa shape index (κ1) is 16.8. The van der Waals surface area contributed by atoms with Crippen LogP contribution in [-0.4, -0.2) is 18.1 Å². The molecule has 1 saturated heterocycles. The fourth-order valence-electron chi connectivity index (χ4n) is 3.54. The quantitative estimate of drug-likeness (QED) is 0.708. The summed E-state index contributed by atoms with van der Waals surface area (Å²) in [5.74, 6) is 0. The van der Waals surface area contributed by atoms with Crippen molar-refractivity contribution in [2.24, 2.45) is 0 Å². The van der Waals surface area contributed by atoms with Crippen LogP contribution >= 0.6 is 0 Å². The van der Waals surface area contributed by atoms with Gasteiger partial charge in [0.15, 0.2) is 0 Å². The van der Waals surface area contributed by atoms with Crippen molar-refractivity contribution < 1.29 is 0 Å². The number of hydrogen-bond donors (Lipinski definition) is 0. The molecule has 2 aromatic rings. The Morgan fingerprint density at radius 2 is 1.96 bits per heavy atom. The van der Waals surface area contributed by atoms with Gasteiger partial charge in [-0.3, -0.25) is 4.98 Å². The molecule has 1 aliphatic heterocycles. The normalized spacial score (nSPS) is 14.7. The lowest BCUT2D eigenvalue weighted by Crippen LogP contribution is -2.30. The Kier molecular flexibility index (Phi) is 5.34. The molecule has 0 bridgehead atoms. The van der Waals surface area contributed by atoms with Crippen molar-refractivity contribution in [3.05, 3.63) is 53.9 Å². The van der Waals surface area contributed by atoms with Crippen molar-refractivity contribution in [2.75, 3.05) is 18.0 Å². The van der Waals surface area contributed by atoms with Gasteiger partial charge in [0.05, 0.1) is 11.4 Å². The molecule has 1 aliphatic rings. The highest BCUT2D eigenvalue weighted by Crippen LogP contribution is 2.31. The molecule has 1 fully saturated rings. The first-order valence-corrected chi connectivity index (χ1v) is 9.20. The zero-order chi connectivity index (χ0) is 16.9. The number of anilines is 1. The number of aryl methyl sites for hydroxylation is 2. The molecule has 0 unspecified atom stereocenters. The second kappa shape index (κ2) is 7.65. The van der Waals surface area contributed by atoms with Crippen LogP contribution in [0.2, 0.25) is 0 Å². The predicted octanol–water partition coefficient (Wildman–Crippen LogP) is 5.64. The monoisotopic (exact) mass is 320 g/mol. The SMILES string of the molecule is C=Cc1ccc(C)c(-c2cnc(CCC)c(N3CCCCC3)c2)c1. The molecular weight excluding hydrogens is 292 g/mol. The number of rotatable bonds is 5. The third kappa shape index (κ3) is 3.53. The number of pyridine rings is 1. The minimum atomic E-state index is 1.05. The summed E-state index contributed by atoms with van der Waals surface area (Å²) in [5.41, 5.74) is 7.53. The average Bonchev–Trinajstić information content (AvgIpc) is 2.63. The average molecular weight is 320 g/mol. The van der Waals surface area contributed by atoms with E-state index >= 15 is 0 Å². The molecule has 126 valence electrons. The molecule has 2 nitrogen and oxygen atoms in total. The van der Waals surface area contributed by atoms with Crippen LogP contribution in [0.3, 0.4) is 0 Å². The topological polar surface area (TPSA) is 16.1 Å². The van der Waals surface area contributed by atoms with Gasteiger partial charge in [-0.15, -0.1) is 0 Å². The zero-order valence-corrected chi connectivity index (χ0v) is 15.0. The largest absolute Gasteiger partial charge is 0.370 e. The lowest BCUT2D eigenvalue weighted by atomic mass is 9.97. The molecule has 0 spiro atoms. The predicted molar refractivity (Wildman–Crippen MR) is 105 cm³/mol. The maximum Gasteiger partial charge on any atom is 0.0637 e. The van der Waals surface area contributed by atoms with Crippen LogP contribution in [0.15, 0.2) is 37.0 Å². The van der Waals surface area contributed by atoms with Crippen LogP contribution in [0.4, 0.5) is 5.69 Å². The van der Waals surface area contributed by atoms with Gasteiger partial charge < -0.3 is 4.90 Å². The van der Waals surface area contributed by atoms with Crippen LogP contribution in [0.25, 0.3) is 17.2 Å². The summed E-state index contributed by atoms with van der Waals surface area (Å²) in [5, 5.41) is 0. The van der Waals surface area contributed by atoms with Gasteiger partial charge in [-0.25, -0.2) is 0 Å². The fraction of sp³-hybridized carbons (Fsp3) is 0.409. The molecule has 3 rings (SSSR count). The minimum Gasteiger partial charge on any atom is -0.370 e. The number of piperidine rings is 1. The smallest absolute Gasteiger partial charge is 0.0637 e. The van der Waals surface area contributed by atoms with Crippen LogP contribution < -0.4 is 4.90 Å². The van der Waals surface area contributed by atoms with Gasteiger partial charge in [0.2, 0.25) is 0 Å². The summed E-state index contributed by atoms with van der Waals surface area (Å²) < 4.78 is 0. The van der Waals surface area contributed by atoms with E-state index in [0.29, 0.717) is 0 Å². The molecule has 0 N–H and O–H groups in total. The summed E-state index contributed by atoms with van der Waals surface area (Å²) in [4.78, 5) is 7.39. The van der Waals surface area contributed by atoms with E-state index in [2.05, 4.69) is 49.6 Å². The molecule has 0 amide bonds. The zero-order valence-electron chi connectivity index (χ0n) is 15.0. The van der Waals surface area contributed by atoms with Gasteiger partial charge in [-0.05, 0) is 61.4 Å². The van der Waals surface area contributed by atoms with E-state index in [9.17, 15) is 0 Å². The van der Waals surface area contributed by atoms with E-state index in [4.69, 9.17) is 4.98 Å². The van der Waals surface area contributed by atoms with Gasteiger partial charge in [-0.1, -0.05) is 38.1 Å². The van der Waals surface area contributed by atoms with E-state index in [0.717, 1.165) is 31.5 Å². The van der Waals surface area contributed by atoms with Gasteiger partial charge in [0, 0.05) is 24.8 Å². The third-order valence-corrected chi connectivity index (χ3v) is 4.94. The Bertz CT molecular complexity index is 712. The molecule has 2 heteroatoms. The Morgan fingerprint density at radius 1 is 1.17 bits per heavy atom. The molecule has 0 saturated carbocycles. The maximum atomic E-state index is 4.85. The van der Waals surface area contributed by atoms with E-state index in [1.807, 2.05) is 12.3 Å². The van der Waals surface area contributed by atoms with Crippen LogP contribution in [-0.2, 0) is 6.42 Å². The van der Waals surface area contributed by atoms with Crippen molar-refractivity contribution in [3.8, 4) is 11.1 Å². The molecular formula is C22H28N2. The Labute approximate surface area is 146 Å². The summed E-state index contributed by atoms with van der Waals surface area (Å²) in [6, 6.07) is 8.88. The van der Waals surface area contributed by atoms with Gasteiger partial charge in [0.1, 0.15) is 0 Å². The lowest BCUT2D eigenvalue weighted by molar-refractivity contribution is 0.575. The van der Waals surface area contributed by atoms with Gasteiger partial charge in [-0.2, -0.15) is 0 Å². The fourth-order valence-corrected chi connectivity index (χ4v) is 3.54. The van der Waals surface area contributed by atoms with E-state index in [1.54, 1.807) is 0 Å². The highest BCUT2D eigenvalue weighted by molar-refractivity contribution is 5.73. The van der Waals surface area contributed by atoms with Crippen molar-refractivity contribution in [1.29, 1.82) is 0 Å². The Balaban J connectivity index is 2.04. The van der Waals surface area contributed by atoms with E-state index in [1.165, 1.54) is 47.3 Å². The van der Waals surface area contributed by atoms with Crippen molar-refractivity contribution in [1.82, 2.24) is 4.98 Å². The molecule has 0 atom stereocenters. The van der Waals surface area contributed by atoms with Crippen LogP contribution in [0.1, 0.15) is 49.4 Å². The number of benzene rings is 1. The molecule has 0 aliphatic carbocycles. The molecule has 2 heterocycles. The molecule has 1 aromatic heterocycles. The molecule has 24 heavy (non-hydrogen) atoms. The second-order valence-corrected chi connectivity index (χ2v) is 6.77. The Morgan fingerprint density at radius 3 is 2.67 bits per heavy atom. The van der Waals surface area contributed by atoms with E-state index < -0.39 is 0 Å². The summed E-state index contributed by atoms with van der Waals surface area (Å²) in [7, 11) is 0. The van der Waals surface area contributed by atoms with Crippen molar-refractivity contribution >= 4 is 11.8 Å². The minimum absolute atomic E-state index is 1.05. The first-order chi connectivity index (χ1) is 11.7. The van der Waals surface area contributed by atoms with Gasteiger partial charge in [0.25, 0.3) is 0 Å². The van der Waals surface area contributed by atoms with Crippen LogP contribution in [0, 0.1) is 6.92 Å².